The van der Waals surface area contributed by atoms with Crippen molar-refractivity contribution in [3.8, 4) is 5.75 Å². The van der Waals surface area contributed by atoms with Gasteiger partial charge in [-0.05, 0) is 42.2 Å². The summed E-state index contributed by atoms with van der Waals surface area (Å²) in [6.45, 7) is 3.34. The van der Waals surface area contributed by atoms with Crippen molar-refractivity contribution in [2.24, 2.45) is 0 Å². The highest BCUT2D eigenvalue weighted by Crippen LogP contribution is 2.35. The zero-order chi connectivity index (χ0) is 18.9. The smallest absolute Gasteiger partial charge is 0.306 e. The number of benzene rings is 1. The van der Waals surface area contributed by atoms with Crippen molar-refractivity contribution in [2.75, 3.05) is 32.8 Å². The van der Waals surface area contributed by atoms with Crippen molar-refractivity contribution >= 4 is 28.9 Å². The molecule has 0 fully saturated rings. The molecule has 26 heavy (non-hydrogen) atoms. The van der Waals surface area contributed by atoms with E-state index in [4.69, 9.17) is 25.8 Å². The average Bonchev–Trinajstić information content (AvgIpc) is 2.67. The van der Waals surface area contributed by atoms with Crippen LogP contribution in [0.1, 0.15) is 43.2 Å². The highest BCUT2D eigenvalue weighted by atomic mass is 35.5. The molecule has 0 N–H and O–H groups in total. The Bertz CT molecular complexity index is 668. The van der Waals surface area contributed by atoms with Gasteiger partial charge >= 0.3 is 5.97 Å². The summed E-state index contributed by atoms with van der Waals surface area (Å²) in [6, 6.07) is 5.87. The molecule has 1 aromatic rings. The molecule has 1 aromatic carbocycles. The highest BCUT2D eigenvalue weighted by Gasteiger charge is 2.24. The summed E-state index contributed by atoms with van der Waals surface area (Å²) in [5.74, 6) is -0.214. The zero-order valence-corrected chi connectivity index (χ0v) is 16.0. The average molecular weight is 381 g/mol. The molecule has 1 heterocycles. The van der Waals surface area contributed by atoms with Crippen LogP contribution in [0.15, 0.2) is 24.3 Å². The third-order valence-electron chi connectivity index (χ3n) is 4.35. The van der Waals surface area contributed by atoms with Gasteiger partial charge in [0, 0.05) is 12.3 Å². The molecule has 6 heteroatoms. The first kappa shape index (κ1) is 20.5. The number of halogens is 1. The van der Waals surface area contributed by atoms with E-state index in [1.807, 2.05) is 18.2 Å². The van der Waals surface area contributed by atoms with Crippen molar-refractivity contribution in [1.29, 1.82) is 0 Å². The molecule has 142 valence electrons. The van der Waals surface area contributed by atoms with E-state index in [1.165, 1.54) is 5.57 Å². The fourth-order valence-electron chi connectivity index (χ4n) is 3.08. The van der Waals surface area contributed by atoms with Gasteiger partial charge in [0.25, 0.3) is 0 Å². The van der Waals surface area contributed by atoms with Crippen molar-refractivity contribution in [3.05, 3.63) is 35.4 Å². The summed E-state index contributed by atoms with van der Waals surface area (Å²) >= 11 is 5.69. The number of methoxy groups -OCH3 is 1. The molecule has 5 nitrogen and oxygen atoms in total. The third-order valence-corrected chi connectivity index (χ3v) is 4.64. The first-order valence-electron chi connectivity index (χ1n) is 8.77. The molecular formula is C20H25ClO5. The predicted octanol–water partition coefficient (Wildman–Crippen LogP) is 3.73. The van der Waals surface area contributed by atoms with E-state index in [0.717, 1.165) is 17.5 Å². The number of carbonyl (C=O) groups excluding carboxylic acids is 2. The Hall–Kier alpha value is -1.85. The van der Waals surface area contributed by atoms with E-state index in [1.54, 1.807) is 14.0 Å². The number of ether oxygens (including phenoxy) is 3. The van der Waals surface area contributed by atoms with Gasteiger partial charge in [0.2, 0.25) is 0 Å². The second-order valence-corrected chi connectivity index (χ2v) is 6.36. The minimum absolute atomic E-state index is 0.0795. The lowest BCUT2D eigenvalue weighted by Gasteiger charge is -2.21. The summed E-state index contributed by atoms with van der Waals surface area (Å²) in [6.07, 6.45) is 3.16. The molecule has 1 aliphatic heterocycles. The predicted molar refractivity (Wildman–Crippen MR) is 101 cm³/mol. The Morgan fingerprint density at radius 1 is 1.31 bits per heavy atom. The lowest BCUT2D eigenvalue weighted by Crippen LogP contribution is -2.16. The van der Waals surface area contributed by atoms with E-state index in [9.17, 15) is 9.59 Å². The Balaban J connectivity index is 2.37. The maximum absolute atomic E-state index is 12.0. The number of alkyl halides is 1. The number of carbonyl (C=O) groups is 2. The minimum atomic E-state index is -0.337. The van der Waals surface area contributed by atoms with Crippen LogP contribution in [0, 0.1) is 0 Å². The highest BCUT2D eigenvalue weighted by molar-refractivity contribution is 6.27. The lowest BCUT2D eigenvalue weighted by molar-refractivity contribution is -0.143. The summed E-state index contributed by atoms with van der Waals surface area (Å²) in [5.41, 5.74) is 3.07. The summed E-state index contributed by atoms with van der Waals surface area (Å²) in [4.78, 5) is 24.0. The largest absolute Gasteiger partial charge is 0.496 e. The van der Waals surface area contributed by atoms with Gasteiger partial charge in [0.1, 0.15) is 11.5 Å². The first-order chi connectivity index (χ1) is 12.6. The van der Waals surface area contributed by atoms with Crippen LogP contribution in [0.2, 0.25) is 0 Å². The molecule has 1 aliphatic rings. The molecule has 0 saturated carbocycles. The number of hydrogen-bond acceptors (Lipinski definition) is 5. The van der Waals surface area contributed by atoms with Crippen LogP contribution in [-0.2, 0) is 19.1 Å². The third kappa shape index (κ3) is 5.58. The van der Waals surface area contributed by atoms with Crippen LogP contribution < -0.4 is 4.74 Å². The Kier molecular flexibility index (Phi) is 8.13. The number of ketones is 1. The number of Topliss-reactive ketones (excluding diaryl/α,β-unsaturated/α-hetero) is 1. The molecule has 1 unspecified atom stereocenters. The van der Waals surface area contributed by atoms with Crippen LogP contribution in [-0.4, -0.2) is 44.6 Å². The van der Waals surface area contributed by atoms with Crippen molar-refractivity contribution in [3.63, 3.8) is 0 Å². The number of rotatable bonds is 9. The van der Waals surface area contributed by atoms with Gasteiger partial charge in [-0.25, -0.2) is 0 Å². The molecule has 2 rings (SSSR count). The molecule has 0 amide bonds. The maximum atomic E-state index is 12.0. The van der Waals surface area contributed by atoms with Gasteiger partial charge in [-0.1, -0.05) is 12.1 Å². The summed E-state index contributed by atoms with van der Waals surface area (Å²) < 4.78 is 15.9. The van der Waals surface area contributed by atoms with Crippen LogP contribution in [0.3, 0.4) is 0 Å². The van der Waals surface area contributed by atoms with Gasteiger partial charge in [0.15, 0.2) is 0 Å². The van der Waals surface area contributed by atoms with Gasteiger partial charge in [0.05, 0.1) is 39.2 Å². The molecular weight excluding hydrogens is 356 g/mol. The number of hydrogen-bond donors (Lipinski definition) is 0. The van der Waals surface area contributed by atoms with Crippen molar-refractivity contribution in [2.45, 2.75) is 32.1 Å². The SMILES string of the molecule is CCOC(=O)CC(CC(=O)CCl)c1cc(C2=CCOCC2)ccc1OC. The van der Waals surface area contributed by atoms with Crippen molar-refractivity contribution < 1.29 is 23.8 Å². The zero-order valence-electron chi connectivity index (χ0n) is 15.3. The van der Waals surface area contributed by atoms with Gasteiger partial charge in [-0.3, -0.25) is 9.59 Å². The molecule has 0 saturated heterocycles. The van der Waals surface area contributed by atoms with Gasteiger partial charge in [-0.2, -0.15) is 0 Å². The summed E-state index contributed by atoms with van der Waals surface area (Å²) in [7, 11) is 1.58. The van der Waals surface area contributed by atoms with E-state index in [0.29, 0.717) is 25.6 Å². The van der Waals surface area contributed by atoms with Gasteiger partial charge in [-0.15, -0.1) is 11.6 Å². The minimum Gasteiger partial charge on any atom is -0.496 e. The fourth-order valence-corrected chi connectivity index (χ4v) is 3.19. The molecule has 1 atom stereocenters. The quantitative estimate of drug-likeness (QED) is 0.482. The van der Waals surface area contributed by atoms with E-state index in [-0.39, 0.29) is 36.4 Å². The topological polar surface area (TPSA) is 61.8 Å². The molecule has 0 radical (unpaired) electrons. The Morgan fingerprint density at radius 3 is 2.73 bits per heavy atom. The first-order valence-corrected chi connectivity index (χ1v) is 9.30. The standard InChI is InChI=1S/C20H25ClO5/c1-3-26-20(23)12-16(10-17(22)13-21)18-11-15(4-5-19(18)24-2)14-6-8-25-9-7-14/h4-6,11,16H,3,7-10,12-13H2,1-2H3. The second kappa shape index (κ2) is 10.3. The Labute approximate surface area is 159 Å². The maximum Gasteiger partial charge on any atom is 0.306 e. The van der Waals surface area contributed by atoms with Crippen molar-refractivity contribution in [1.82, 2.24) is 0 Å². The van der Waals surface area contributed by atoms with Gasteiger partial charge < -0.3 is 14.2 Å². The van der Waals surface area contributed by atoms with Crippen LogP contribution in [0.4, 0.5) is 0 Å². The second-order valence-electron chi connectivity index (χ2n) is 6.09. The normalized spacial score (nSPS) is 15.1. The lowest BCUT2D eigenvalue weighted by atomic mass is 9.87. The van der Waals surface area contributed by atoms with Crippen LogP contribution >= 0.6 is 11.6 Å². The van der Waals surface area contributed by atoms with E-state index >= 15 is 0 Å². The fraction of sp³-hybridized carbons (Fsp3) is 0.500. The Morgan fingerprint density at radius 2 is 2.12 bits per heavy atom. The van der Waals surface area contributed by atoms with Crippen LogP contribution in [0.25, 0.3) is 5.57 Å². The molecule has 0 aromatic heterocycles. The molecule has 0 spiro atoms. The van der Waals surface area contributed by atoms with E-state index < -0.39 is 0 Å². The molecule has 0 aliphatic carbocycles. The van der Waals surface area contributed by atoms with Crippen LogP contribution in [0.5, 0.6) is 5.75 Å². The number of esters is 1. The summed E-state index contributed by atoms with van der Waals surface area (Å²) in [5, 5.41) is 0. The monoisotopic (exact) mass is 380 g/mol. The molecule has 0 bridgehead atoms. The van der Waals surface area contributed by atoms with E-state index in [2.05, 4.69) is 6.08 Å².